The molecule has 0 aliphatic carbocycles. The standard InChI is InChI=1S/C17H17F4N3O/c1-10-4-2-6-12(14(10)18)16(25)24-7-3-5-11(9-24)15-22-8-13(23-15)17(19,20)21/h2,4,6,8,11H,3,5,7,9H2,1H3,(H,22,23)/t11-/m1/s1. The third-order valence-electron chi connectivity index (χ3n) is 4.42. The number of aromatic nitrogens is 2. The van der Waals surface area contributed by atoms with Crippen LogP contribution in [0.15, 0.2) is 24.4 Å². The quantitative estimate of drug-likeness (QED) is 0.831. The highest BCUT2D eigenvalue weighted by Crippen LogP contribution is 2.31. The van der Waals surface area contributed by atoms with Crippen molar-refractivity contribution in [3.63, 3.8) is 0 Å². The number of rotatable bonds is 2. The van der Waals surface area contributed by atoms with E-state index in [1.807, 2.05) is 0 Å². The lowest BCUT2D eigenvalue weighted by Crippen LogP contribution is -2.39. The number of hydrogen-bond acceptors (Lipinski definition) is 2. The van der Waals surface area contributed by atoms with Gasteiger partial charge in [-0.15, -0.1) is 0 Å². The molecule has 134 valence electrons. The Morgan fingerprint density at radius 1 is 1.36 bits per heavy atom. The molecule has 4 nitrogen and oxygen atoms in total. The number of H-pyrrole nitrogens is 1. The van der Waals surface area contributed by atoms with Crippen LogP contribution in [0.1, 0.15) is 46.2 Å². The van der Waals surface area contributed by atoms with Crippen molar-refractivity contribution < 1.29 is 22.4 Å². The highest BCUT2D eigenvalue weighted by molar-refractivity contribution is 5.94. The Hall–Kier alpha value is -2.38. The molecule has 1 atom stereocenters. The lowest BCUT2D eigenvalue weighted by Gasteiger charge is -2.32. The maximum absolute atomic E-state index is 14.2. The number of carbonyl (C=O) groups is 1. The zero-order valence-electron chi connectivity index (χ0n) is 13.5. The number of amides is 1. The first kappa shape index (κ1) is 17.4. The van der Waals surface area contributed by atoms with E-state index in [2.05, 4.69) is 9.97 Å². The Morgan fingerprint density at radius 2 is 2.12 bits per heavy atom. The maximum Gasteiger partial charge on any atom is 0.432 e. The minimum absolute atomic E-state index is 0.0175. The highest BCUT2D eigenvalue weighted by Gasteiger charge is 2.35. The normalized spacial score (nSPS) is 18.4. The summed E-state index contributed by atoms with van der Waals surface area (Å²) in [6, 6.07) is 4.60. The second kappa shape index (κ2) is 6.50. The largest absolute Gasteiger partial charge is 0.432 e. The van der Waals surface area contributed by atoms with E-state index in [0.29, 0.717) is 24.9 Å². The van der Waals surface area contributed by atoms with E-state index >= 15 is 0 Å². The number of carbonyl (C=O) groups excluding carboxylic acids is 1. The first-order chi connectivity index (χ1) is 11.8. The Morgan fingerprint density at radius 3 is 2.80 bits per heavy atom. The summed E-state index contributed by atoms with van der Waals surface area (Å²) in [6.45, 7) is 2.22. The Labute approximate surface area is 141 Å². The Kier molecular flexibility index (Phi) is 4.53. The maximum atomic E-state index is 14.2. The number of piperidine rings is 1. The molecule has 1 aromatic heterocycles. The first-order valence-corrected chi connectivity index (χ1v) is 7.94. The molecule has 1 aliphatic heterocycles. The molecular weight excluding hydrogens is 338 g/mol. The van der Waals surface area contributed by atoms with E-state index in [1.165, 1.54) is 11.0 Å². The van der Waals surface area contributed by atoms with Crippen molar-refractivity contribution in [3.05, 3.63) is 52.9 Å². The molecule has 0 bridgehead atoms. The smallest absolute Gasteiger partial charge is 0.338 e. The van der Waals surface area contributed by atoms with Crippen LogP contribution in [0.3, 0.4) is 0 Å². The van der Waals surface area contributed by atoms with Crippen LogP contribution in [0.2, 0.25) is 0 Å². The van der Waals surface area contributed by atoms with Crippen LogP contribution < -0.4 is 0 Å². The number of aryl methyl sites for hydroxylation is 1. The van der Waals surface area contributed by atoms with Gasteiger partial charge in [0.2, 0.25) is 0 Å². The number of nitrogens with one attached hydrogen (secondary N) is 1. The van der Waals surface area contributed by atoms with E-state index in [4.69, 9.17) is 0 Å². The molecule has 2 aromatic rings. The highest BCUT2D eigenvalue weighted by atomic mass is 19.4. The van der Waals surface area contributed by atoms with Gasteiger partial charge in [-0.1, -0.05) is 12.1 Å². The number of aromatic amines is 1. The second-order valence-corrected chi connectivity index (χ2v) is 6.21. The van der Waals surface area contributed by atoms with E-state index in [1.54, 1.807) is 19.1 Å². The van der Waals surface area contributed by atoms with Crippen LogP contribution in [0, 0.1) is 12.7 Å². The van der Waals surface area contributed by atoms with Gasteiger partial charge in [-0.2, -0.15) is 13.2 Å². The molecule has 1 aromatic carbocycles. The number of nitrogens with zero attached hydrogens (tertiary/aromatic N) is 2. The molecule has 0 unspecified atom stereocenters. The fourth-order valence-electron chi connectivity index (χ4n) is 3.06. The van der Waals surface area contributed by atoms with Gasteiger partial charge in [0.05, 0.1) is 11.8 Å². The van der Waals surface area contributed by atoms with E-state index < -0.39 is 23.6 Å². The molecule has 1 amide bonds. The van der Waals surface area contributed by atoms with E-state index in [-0.39, 0.29) is 23.9 Å². The van der Waals surface area contributed by atoms with Crippen LogP contribution in [0.25, 0.3) is 0 Å². The summed E-state index contributed by atoms with van der Waals surface area (Å²) in [5.74, 6) is -1.14. The van der Waals surface area contributed by atoms with Gasteiger partial charge >= 0.3 is 6.18 Å². The minimum atomic E-state index is -4.49. The number of alkyl halides is 3. The summed E-state index contributed by atoms with van der Waals surface area (Å²) in [5.41, 5.74) is -0.549. The molecule has 8 heteroatoms. The first-order valence-electron chi connectivity index (χ1n) is 7.94. The number of imidazole rings is 1. The van der Waals surface area contributed by atoms with Crippen molar-refractivity contribution >= 4 is 5.91 Å². The predicted molar refractivity (Wildman–Crippen MR) is 82.6 cm³/mol. The van der Waals surface area contributed by atoms with E-state index in [9.17, 15) is 22.4 Å². The van der Waals surface area contributed by atoms with Gasteiger partial charge in [0.15, 0.2) is 0 Å². The monoisotopic (exact) mass is 355 g/mol. The number of likely N-dealkylation sites (tertiary alicyclic amines) is 1. The molecule has 1 N–H and O–H groups in total. The lowest BCUT2D eigenvalue weighted by atomic mass is 9.96. The Balaban J connectivity index is 1.78. The molecule has 25 heavy (non-hydrogen) atoms. The van der Waals surface area contributed by atoms with Gasteiger partial charge in [0, 0.05) is 19.0 Å². The molecule has 0 saturated carbocycles. The van der Waals surface area contributed by atoms with Crippen molar-refractivity contribution in [1.29, 1.82) is 0 Å². The van der Waals surface area contributed by atoms with Crippen molar-refractivity contribution in [3.8, 4) is 0 Å². The van der Waals surface area contributed by atoms with Crippen LogP contribution in [0.4, 0.5) is 17.6 Å². The molecule has 3 rings (SSSR count). The summed E-state index contributed by atoms with van der Waals surface area (Å²) in [4.78, 5) is 20.2. The van der Waals surface area contributed by atoms with Gasteiger partial charge in [0.1, 0.15) is 17.3 Å². The SMILES string of the molecule is Cc1cccc(C(=O)N2CCC[C@@H](c3ncc(C(F)(F)F)[nH]3)C2)c1F. The molecule has 1 saturated heterocycles. The van der Waals surface area contributed by atoms with Crippen molar-refractivity contribution in [1.82, 2.24) is 14.9 Å². The molecular formula is C17H17F4N3O. The van der Waals surface area contributed by atoms with Crippen LogP contribution in [-0.2, 0) is 6.18 Å². The third-order valence-corrected chi connectivity index (χ3v) is 4.42. The van der Waals surface area contributed by atoms with Crippen LogP contribution in [0.5, 0.6) is 0 Å². The molecule has 1 fully saturated rings. The number of halogens is 4. The predicted octanol–water partition coefficient (Wildman–Crippen LogP) is 3.90. The summed E-state index contributed by atoms with van der Waals surface area (Å²) < 4.78 is 52.3. The van der Waals surface area contributed by atoms with Crippen molar-refractivity contribution in [2.24, 2.45) is 0 Å². The zero-order chi connectivity index (χ0) is 18.2. The molecule has 1 aliphatic rings. The summed E-state index contributed by atoms with van der Waals surface area (Å²) in [7, 11) is 0. The fourth-order valence-corrected chi connectivity index (χ4v) is 3.06. The summed E-state index contributed by atoms with van der Waals surface area (Å²) >= 11 is 0. The van der Waals surface area contributed by atoms with Gasteiger partial charge in [-0.3, -0.25) is 4.79 Å². The fraction of sp³-hybridized carbons (Fsp3) is 0.412. The number of benzene rings is 1. The Bertz CT molecular complexity index is 784. The average molecular weight is 355 g/mol. The van der Waals surface area contributed by atoms with Crippen LogP contribution in [-0.4, -0.2) is 33.9 Å². The third kappa shape index (κ3) is 3.52. The van der Waals surface area contributed by atoms with Gasteiger partial charge in [-0.05, 0) is 31.4 Å². The van der Waals surface area contributed by atoms with Crippen molar-refractivity contribution in [2.45, 2.75) is 31.9 Å². The average Bonchev–Trinajstić information content (AvgIpc) is 3.07. The zero-order valence-corrected chi connectivity index (χ0v) is 13.5. The number of hydrogen-bond donors (Lipinski definition) is 1. The molecule has 2 heterocycles. The van der Waals surface area contributed by atoms with Crippen molar-refractivity contribution in [2.75, 3.05) is 13.1 Å². The van der Waals surface area contributed by atoms with E-state index in [0.717, 1.165) is 6.20 Å². The van der Waals surface area contributed by atoms with Crippen LogP contribution >= 0.6 is 0 Å². The second-order valence-electron chi connectivity index (χ2n) is 6.21. The van der Waals surface area contributed by atoms with Gasteiger partial charge in [0.25, 0.3) is 5.91 Å². The van der Waals surface area contributed by atoms with Gasteiger partial charge in [-0.25, -0.2) is 9.37 Å². The minimum Gasteiger partial charge on any atom is -0.338 e. The molecule has 0 spiro atoms. The molecule has 0 radical (unpaired) electrons. The summed E-state index contributed by atoms with van der Waals surface area (Å²) in [5, 5.41) is 0. The topological polar surface area (TPSA) is 49.0 Å². The lowest BCUT2D eigenvalue weighted by molar-refractivity contribution is -0.141. The summed E-state index contributed by atoms with van der Waals surface area (Å²) in [6.07, 6.45) is -2.49. The van der Waals surface area contributed by atoms with Gasteiger partial charge < -0.3 is 9.88 Å².